The van der Waals surface area contributed by atoms with E-state index in [-0.39, 0.29) is 24.5 Å². The van der Waals surface area contributed by atoms with Crippen LogP contribution in [0.3, 0.4) is 0 Å². The number of rotatable bonds is 4. The van der Waals surface area contributed by atoms with Gasteiger partial charge in [-0.25, -0.2) is 0 Å². The highest BCUT2D eigenvalue weighted by Crippen LogP contribution is 2.22. The summed E-state index contributed by atoms with van der Waals surface area (Å²) >= 11 is 0. The fourth-order valence-corrected chi connectivity index (χ4v) is 2.44. The predicted molar refractivity (Wildman–Crippen MR) is 76.3 cm³/mol. The molecule has 2 rings (SSSR count). The maximum Gasteiger partial charge on any atom is 0.255 e. The van der Waals surface area contributed by atoms with Gasteiger partial charge in [-0.05, 0) is 32.4 Å². The maximum atomic E-state index is 12.5. The van der Waals surface area contributed by atoms with E-state index in [4.69, 9.17) is 5.11 Å². The van der Waals surface area contributed by atoms with Gasteiger partial charge in [-0.3, -0.25) is 4.79 Å². The molecular weight excluding hydrogens is 240 g/mol. The third-order valence-corrected chi connectivity index (χ3v) is 3.43. The van der Waals surface area contributed by atoms with Gasteiger partial charge in [0.05, 0.1) is 5.56 Å². The first-order valence-electron chi connectivity index (χ1n) is 6.87. The van der Waals surface area contributed by atoms with Gasteiger partial charge in [0, 0.05) is 37.3 Å². The van der Waals surface area contributed by atoms with Crippen LogP contribution in [0.2, 0.25) is 0 Å². The molecule has 1 aliphatic heterocycles. The van der Waals surface area contributed by atoms with Crippen molar-refractivity contribution in [1.29, 1.82) is 0 Å². The number of para-hydroxylation sites is 1. The lowest BCUT2D eigenvalue weighted by Gasteiger charge is -2.20. The zero-order valence-corrected chi connectivity index (χ0v) is 11.6. The Morgan fingerprint density at radius 3 is 2.84 bits per heavy atom. The number of carbonyl (C=O) groups is 1. The molecule has 0 aromatic heterocycles. The normalized spacial score (nSPS) is 18.9. The first-order valence-corrected chi connectivity index (χ1v) is 6.87. The van der Waals surface area contributed by atoms with Gasteiger partial charge in [-0.1, -0.05) is 12.1 Å². The van der Waals surface area contributed by atoms with Gasteiger partial charge in [0.25, 0.3) is 5.91 Å². The number of amides is 1. The van der Waals surface area contributed by atoms with Crippen LogP contribution < -0.4 is 5.32 Å². The Bertz CT molecular complexity index is 446. The largest absolute Gasteiger partial charge is 0.396 e. The molecule has 0 saturated carbocycles. The van der Waals surface area contributed by atoms with Crippen molar-refractivity contribution in [2.24, 2.45) is 5.92 Å². The number of hydrogen-bond donors (Lipinski definition) is 2. The molecule has 0 spiro atoms. The summed E-state index contributed by atoms with van der Waals surface area (Å²) in [5.74, 6) is 0.286. The second-order valence-corrected chi connectivity index (χ2v) is 5.43. The molecule has 1 amide bonds. The lowest BCUT2D eigenvalue weighted by atomic mass is 10.1. The quantitative estimate of drug-likeness (QED) is 0.872. The van der Waals surface area contributed by atoms with E-state index in [1.165, 1.54) is 0 Å². The molecule has 4 nitrogen and oxygen atoms in total. The van der Waals surface area contributed by atoms with E-state index >= 15 is 0 Å². The molecule has 0 aliphatic carbocycles. The van der Waals surface area contributed by atoms with Crippen LogP contribution in [0.1, 0.15) is 30.6 Å². The number of nitrogens with one attached hydrogen (secondary N) is 1. The number of aliphatic hydroxyl groups excluding tert-OH is 1. The van der Waals surface area contributed by atoms with Gasteiger partial charge in [-0.15, -0.1) is 0 Å². The third kappa shape index (κ3) is 3.26. The topological polar surface area (TPSA) is 52.6 Å². The molecule has 1 aromatic rings. The molecule has 1 fully saturated rings. The highest BCUT2D eigenvalue weighted by atomic mass is 16.3. The number of aliphatic hydroxyl groups is 1. The summed E-state index contributed by atoms with van der Waals surface area (Å²) in [5, 5.41) is 12.5. The van der Waals surface area contributed by atoms with Crippen molar-refractivity contribution in [3.63, 3.8) is 0 Å². The van der Waals surface area contributed by atoms with Crippen LogP contribution in [0.25, 0.3) is 0 Å². The van der Waals surface area contributed by atoms with Gasteiger partial charge in [-0.2, -0.15) is 0 Å². The van der Waals surface area contributed by atoms with Crippen molar-refractivity contribution in [3.8, 4) is 0 Å². The monoisotopic (exact) mass is 262 g/mol. The Morgan fingerprint density at radius 2 is 2.21 bits per heavy atom. The Labute approximate surface area is 114 Å². The van der Waals surface area contributed by atoms with Crippen LogP contribution in [0, 0.1) is 5.92 Å². The number of carbonyl (C=O) groups excluding carboxylic acids is 1. The molecule has 1 atom stereocenters. The molecule has 19 heavy (non-hydrogen) atoms. The van der Waals surface area contributed by atoms with Gasteiger partial charge >= 0.3 is 0 Å². The van der Waals surface area contributed by atoms with Crippen molar-refractivity contribution in [3.05, 3.63) is 29.8 Å². The average molecular weight is 262 g/mol. The Hall–Kier alpha value is -1.55. The van der Waals surface area contributed by atoms with E-state index in [9.17, 15) is 4.79 Å². The highest BCUT2D eigenvalue weighted by molar-refractivity contribution is 5.99. The first kappa shape index (κ1) is 13.9. The summed E-state index contributed by atoms with van der Waals surface area (Å²) in [4.78, 5) is 14.4. The van der Waals surface area contributed by atoms with Gasteiger partial charge in [0.2, 0.25) is 0 Å². The fourth-order valence-electron chi connectivity index (χ4n) is 2.44. The van der Waals surface area contributed by atoms with Crippen LogP contribution in [0.5, 0.6) is 0 Å². The van der Waals surface area contributed by atoms with E-state index in [1.807, 2.05) is 29.2 Å². The van der Waals surface area contributed by atoms with Crippen LogP contribution in [-0.4, -0.2) is 41.7 Å². The van der Waals surface area contributed by atoms with Crippen LogP contribution in [0.15, 0.2) is 24.3 Å². The Kier molecular flexibility index (Phi) is 4.43. The molecule has 1 saturated heterocycles. The standard InChI is InChI=1S/C15H22N2O2/c1-11(2)16-14-6-4-3-5-13(14)15(19)17-8-7-12(9-17)10-18/h3-6,11-12,16,18H,7-10H2,1-2H3. The van der Waals surface area contributed by atoms with E-state index < -0.39 is 0 Å². The minimum Gasteiger partial charge on any atom is -0.396 e. The molecule has 0 bridgehead atoms. The second-order valence-electron chi connectivity index (χ2n) is 5.43. The summed E-state index contributed by atoms with van der Waals surface area (Å²) in [6.45, 7) is 5.67. The number of hydrogen-bond acceptors (Lipinski definition) is 3. The second kappa shape index (κ2) is 6.06. The zero-order valence-electron chi connectivity index (χ0n) is 11.6. The molecule has 4 heteroatoms. The van der Waals surface area contributed by atoms with E-state index in [0.29, 0.717) is 6.54 Å². The molecule has 2 N–H and O–H groups in total. The summed E-state index contributed by atoms with van der Waals surface area (Å²) in [5.41, 5.74) is 1.60. The SMILES string of the molecule is CC(C)Nc1ccccc1C(=O)N1CCC(CO)C1. The highest BCUT2D eigenvalue weighted by Gasteiger charge is 2.27. The summed E-state index contributed by atoms with van der Waals surface area (Å²) in [6, 6.07) is 7.91. The summed E-state index contributed by atoms with van der Waals surface area (Å²) in [6.07, 6.45) is 0.891. The minimum atomic E-state index is 0.0553. The van der Waals surface area contributed by atoms with Crippen molar-refractivity contribution in [2.45, 2.75) is 26.3 Å². The molecule has 1 aliphatic rings. The van der Waals surface area contributed by atoms with Crippen molar-refractivity contribution in [1.82, 2.24) is 4.90 Å². The minimum absolute atomic E-state index is 0.0553. The number of likely N-dealkylation sites (tertiary alicyclic amines) is 1. The molecule has 0 radical (unpaired) electrons. The van der Waals surface area contributed by atoms with E-state index in [0.717, 1.165) is 24.2 Å². The van der Waals surface area contributed by atoms with Crippen molar-refractivity contribution in [2.75, 3.05) is 25.0 Å². The van der Waals surface area contributed by atoms with Crippen LogP contribution >= 0.6 is 0 Å². The number of benzene rings is 1. The van der Waals surface area contributed by atoms with Crippen molar-refractivity contribution < 1.29 is 9.90 Å². The first-order chi connectivity index (χ1) is 9.11. The average Bonchev–Trinajstić information content (AvgIpc) is 2.86. The number of anilines is 1. The van der Waals surface area contributed by atoms with Crippen LogP contribution in [-0.2, 0) is 0 Å². The Morgan fingerprint density at radius 1 is 1.47 bits per heavy atom. The molecule has 1 unspecified atom stereocenters. The molecular formula is C15H22N2O2. The van der Waals surface area contributed by atoms with Gasteiger partial charge in [0.1, 0.15) is 0 Å². The predicted octanol–water partition coefficient (Wildman–Crippen LogP) is 1.96. The summed E-state index contributed by atoms with van der Waals surface area (Å²) in [7, 11) is 0. The zero-order chi connectivity index (χ0) is 13.8. The molecule has 104 valence electrons. The van der Waals surface area contributed by atoms with Gasteiger partial charge in [0.15, 0.2) is 0 Å². The van der Waals surface area contributed by atoms with Crippen LogP contribution in [0.4, 0.5) is 5.69 Å². The lowest BCUT2D eigenvalue weighted by Crippen LogP contribution is -2.30. The Balaban J connectivity index is 2.15. The lowest BCUT2D eigenvalue weighted by molar-refractivity contribution is 0.0783. The van der Waals surface area contributed by atoms with Gasteiger partial charge < -0.3 is 15.3 Å². The molecule has 1 aromatic carbocycles. The summed E-state index contributed by atoms with van der Waals surface area (Å²) < 4.78 is 0. The van der Waals surface area contributed by atoms with E-state index in [2.05, 4.69) is 19.2 Å². The molecule has 1 heterocycles. The maximum absolute atomic E-state index is 12.5. The number of nitrogens with zero attached hydrogens (tertiary/aromatic N) is 1. The van der Waals surface area contributed by atoms with Crippen molar-refractivity contribution >= 4 is 11.6 Å². The smallest absolute Gasteiger partial charge is 0.255 e. The third-order valence-electron chi connectivity index (χ3n) is 3.43. The van der Waals surface area contributed by atoms with E-state index in [1.54, 1.807) is 0 Å². The fraction of sp³-hybridized carbons (Fsp3) is 0.533.